The number of amides is 2. The summed E-state index contributed by atoms with van der Waals surface area (Å²) in [6, 6.07) is 11.4. The number of urea groups is 1. The summed E-state index contributed by atoms with van der Waals surface area (Å²) in [7, 11) is 4.01. The minimum atomic E-state index is -0.254. The zero-order valence-corrected chi connectivity index (χ0v) is 14.9. The fraction of sp³-hybridized carbons (Fsp3) is 0.235. The first-order valence-corrected chi connectivity index (χ1v) is 8.72. The minimum absolute atomic E-state index is 0.135. The number of para-hydroxylation sites is 2. The summed E-state index contributed by atoms with van der Waals surface area (Å²) in [5, 5.41) is 12.0. The first kappa shape index (κ1) is 17.1. The van der Waals surface area contributed by atoms with Gasteiger partial charge in [0.25, 0.3) is 0 Å². The molecule has 3 rings (SSSR count). The molecule has 2 aromatic heterocycles. The van der Waals surface area contributed by atoms with Gasteiger partial charge in [-0.05, 0) is 37.7 Å². The summed E-state index contributed by atoms with van der Waals surface area (Å²) >= 11 is 1.68. The van der Waals surface area contributed by atoms with Crippen molar-refractivity contribution < 1.29 is 4.79 Å². The second-order valence-corrected chi connectivity index (χ2v) is 6.67. The molecule has 0 unspecified atom stereocenters. The zero-order valence-electron chi connectivity index (χ0n) is 14.1. The van der Waals surface area contributed by atoms with Gasteiger partial charge in [0.05, 0.1) is 17.4 Å². The van der Waals surface area contributed by atoms with Gasteiger partial charge in [-0.2, -0.15) is 5.10 Å². The van der Waals surface area contributed by atoms with Crippen LogP contribution in [0, 0.1) is 0 Å². The molecule has 2 heterocycles. The van der Waals surface area contributed by atoms with Crippen LogP contribution in [-0.4, -0.2) is 46.3 Å². The maximum absolute atomic E-state index is 12.3. The fourth-order valence-electron chi connectivity index (χ4n) is 2.49. The fourth-order valence-corrected chi connectivity index (χ4v) is 3.41. The molecule has 8 heteroatoms. The van der Waals surface area contributed by atoms with Crippen molar-refractivity contribution in [2.45, 2.75) is 6.04 Å². The minimum Gasteiger partial charge on any atom is -0.336 e. The van der Waals surface area contributed by atoms with Crippen LogP contribution in [0.25, 0.3) is 5.69 Å². The number of likely N-dealkylation sites (N-methyl/N-ethyl adjacent to an activating group) is 1. The van der Waals surface area contributed by atoms with E-state index in [0.717, 1.165) is 5.69 Å². The Labute approximate surface area is 150 Å². The van der Waals surface area contributed by atoms with Crippen molar-refractivity contribution in [1.82, 2.24) is 25.0 Å². The number of carbonyl (C=O) groups is 1. The van der Waals surface area contributed by atoms with Crippen molar-refractivity contribution in [1.29, 1.82) is 0 Å². The van der Waals surface area contributed by atoms with Crippen molar-refractivity contribution in [3.63, 3.8) is 0 Å². The maximum atomic E-state index is 12.3. The summed E-state index contributed by atoms with van der Waals surface area (Å²) in [5.74, 6) is 0. The van der Waals surface area contributed by atoms with Crippen LogP contribution in [0.4, 0.5) is 10.5 Å². The van der Waals surface area contributed by atoms with Crippen LogP contribution in [0.5, 0.6) is 0 Å². The van der Waals surface area contributed by atoms with Gasteiger partial charge in [0, 0.05) is 11.4 Å². The van der Waals surface area contributed by atoms with Crippen LogP contribution in [0.15, 0.2) is 54.4 Å². The Hall–Kier alpha value is -2.71. The molecule has 0 aliphatic heterocycles. The van der Waals surface area contributed by atoms with E-state index in [1.54, 1.807) is 22.3 Å². The van der Waals surface area contributed by atoms with Crippen LogP contribution in [-0.2, 0) is 0 Å². The normalized spacial score (nSPS) is 12.1. The molecule has 1 atom stereocenters. The molecule has 0 fully saturated rings. The SMILES string of the molecule is CN(C)[C@@H](CNC(=O)Nc1ccccc1-n1cncn1)c1cccs1. The Balaban J connectivity index is 1.65. The van der Waals surface area contributed by atoms with Crippen LogP contribution in [0.3, 0.4) is 0 Å². The van der Waals surface area contributed by atoms with E-state index in [1.807, 2.05) is 49.8 Å². The Morgan fingerprint density at radius 3 is 2.80 bits per heavy atom. The first-order chi connectivity index (χ1) is 12.1. The van der Waals surface area contributed by atoms with Gasteiger partial charge in [0.2, 0.25) is 0 Å². The number of carbonyl (C=O) groups excluding carboxylic acids is 1. The van der Waals surface area contributed by atoms with Crippen molar-refractivity contribution in [3.8, 4) is 5.69 Å². The highest BCUT2D eigenvalue weighted by Crippen LogP contribution is 2.22. The summed E-state index contributed by atoms with van der Waals surface area (Å²) in [5.41, 5.74) is 1.43. The smallest absolute Gasteiger partial charge is 0.319 e. The molecule has 1 aromatic carbocycles. The Bertz CT molecular complexity index is 800. The molecule has 3 aromatic rings. The third kappa shape index (κ3) is 4.23. The molecule has 0 radical (unpaired) electrons. The number of hydrogen-bond acceptors (Lipinski definition) is 5. The lowest BCUT2D eigenvalue weighted by atomic mass is 10.2. The highest BCUT2D eigenvalue weighted by atomic mass is 32.1. The molecule has 2 amide bonds. The maximum Gasteiger partial charge on any atom is 0.319 e. The van der Waals surface area contributed by atoms with E-state index < -0.39 is 0 Å². The molecule has 0 saturated heterocycles. The van der Waals surface area contributed by atoms with E-state index >= 15 is 0 Å². The van der Waals surface area contributed by atoms with E-state index in [4.69, 9.17) is 0 Å². The first-order valence-electron chi connectivity index (χ1n) is 7.84. The Morgan fingerprint density at radius 1 is 1.28 bits per heavy atom. The largest absolute Gasteiger partial charge is 0.336 e. The van der Waals surface area contributed by atoms with Gasteiger partial charge in [-0.1, -0.05) is 18.2 Å². The standard InChI is InChI=1S/C17H20N6OS/c1-22(2)15(16-8-5-9-25-16)10-19-17(24)21-13-6-3-4-7-14(13)23-12-18-11-20-23/h3-9,11-12,15H,10H2,1-2H3,(H2,19,21,24)/t15-/m0/s1. The van der Waals surface area contributed by atoms with Gasteiger partial charge in [-0.15, -0.1) is 11.3 Å². The molecule has 2 N–H and O–H groups in total. The van der Waals surface area contributed by atoms with E-state index in [2.05, 4.69) is 31.7 Å². The lowest BCUT2D eigenvalue weighted by molar-refractivity contribution is 0.244. The van der Waals surface area contributed by atoms with E-state index in [9.17, 15) is 4.79 Å². The molecule has 0 aliphatic carbocycles. The van der Waals surface area contributed by atoms with Crippen LogP contribution >= 0.6 is 11.3 Å². The summed E-state index contributed by atoms with van der Waals surface area (Å²) in [6.07, 6.45) is 3.05. The van der Waals surface area contributed by atoms with Crippen molar-refractivity contribution in [2.24, 2.45) is 0 Å². The average molecular weight is 356 g/mol. The van der Waals surface area contributed by atoms with Crippen LogP contribution in [0.2, 0.25) is 0 Å². The molecule has 130 valence electrons. The number of nitrogens with one attached hydrogen (secondary N) is 2. The predicted octanol–water partition coefficient (Wildman–Crippen LogP) is 2.75. The van der Waals surface area contributed by atoms with Gasteiger partial charge in [-0.3, -0.25) is 0 Å². The number of hydrogen-bond donors (Lipinski definition) is 2. The molecular weight excluding hydrogens is 336 g/mol. The second-order valence-electron chi connectivity index (χ2n) is 5.69. The van der Waals surface area contributed by atoms with Gasteiger partial charge >= 0.3 is 6.03 Å². The molecular formula is C17H20N6OS. The third-order valence-electron chi connectivity index (χ3n) is 3.77. The predicted molar refractivity (Wildman–Crippen MR) is 99.1 cm³/mol. The number of rotatable bonds is 6. The van der Waals surface area contributed by atoms with E-state index in [-0.39, 0.29) is 12.1 Å². The van der Waals surface area contributed by atoms with Crippen molar-refractivity contribution >= 4 is 23.1 Å². The van der Waals surface area contributed by atoms with E-state index in [1.165, 1.54) is 11.2 Å². The Kier molecular flexibility index (Phi) is 5.42. The van der Waals surface area contributed by atoms with Crippen LogP contribution < -0.4 is 10.6 Å². The molecule has 0 saturated carbocycles. The summed E-state index contributed by atoms with van der Waals surface area (Å²) < 4.78 is 1.61. The Morgan fingerprint density at radius 2 is 2.12 bits per heavy atom. The monoisotopic (exact) mass is 356 g/mol. The van der Waals surface area contributed by atoms with Gasteiger partial charge in [0.15, 0.2) is 0 Å². The van der Waals surface area contributed by atoms with Crippen molar-refractivity contribution in [3.05, 3.63) is 59.3 Å². The lowest BCUT2D eigenvalue weighted by Crippen LogP contribution is -2.36. The lowest BCUT2D eigenvalue weighted by Gasteiger charge is -2.23. The summed E-state index contributed by atoms with van der Waals surface area (Å²) in [4.78, 5) is 19.6. The average Bonchev–Trinajstić information content (AvgIpc) is 3.29. The topological polar surface area (TPSA) is 75.1 Å². The van der Waals surface area contributed by atoms with Crippen LogP contribution in [0.1, 0.15) is 10.9 Å². The molecule has 25 heavy (non-hydrogen) atoms. The molecule has 0 aliphatic rings. The van der Waals surface area contributed by atoms with E-state index in [0.29, 0.717) is 12.2 Å². The quantitative estimate of drug-likeness (QED) is 0.712. The van der Waals surface area contributed by atoms with Gasteiger partial charge in [0.1, 0.15) is 12.7 Å². The number of nitrogens with zero attached hydrogens (tertiary/aromatic N) is 4. The highest BCUT2D eigenvalue weighted by molar-refractivity contribution is 7.10. The second kappa shape index (κ2) is 7.91. The number of aromatic nitrogens is 3. The molecule has 7 nitrogen and oxygen atoms in total. The van der Waals surface area contributed by atoms with Gasteiger partial charge in [-0.25, -0.2) is 14.5 Å². The number of benzene rings is 1. The van der Waals surface area contributed by atoms with Crippen molar-refractivity contribution in [2.75, 3.05) is 26.0 Å². The molecule has 0 spiro atoms. The summed E-state index contributed by atoms with van der Waals surface area (Å²) in [6.45, 7) is 0.519. The number of anilines is 1. The number of thiophene rings is 1. The third-order valence-corrected chi connectivity index (χ3v) is 4.74. The zero-order chi connectivity index (χ0) is 17.6. The van der Waals surface area contributed by atoms with Gasteiger partial charge < -0.3 is 15.5 Å². The highest BCUT2D eigenvalue weighted by Gasteiger charge is 2.16. The molecule has 0 bridgehead atoms.